The predicted octanol–water partition coefficient (Wildman–Crippen LogP) is 2.91. The van der Waals surface area contributed by atoms with Crippen molar-refractivity contribution in [2.45, 2.75) is 58.5 Å². The van der Waals surface area contributed by atoms with Gasteiger partial charge in [-0.05, 0) is 39.7 Å². The van der Waals surface area contributed by atoms with Crippen molar-refractivity contribution >= 4 is 0 Å². The maximum absolute atomic E-state index is 2.55. The highest BCUT2D eigenvalue weighted by molar-refractivity contribution is 4.80. The van der Waals surface area contributed by atoms with Gasteiger partial charge in [-0.25, -0.2) is 0 Å². The minimum Gasteiger partial charge on any atom is -0.301 e. The van der Waals surface area contributed by atoms with Crippen LogP contribution < -0.4 is 0 Å². The van der Waals surface area contributed by atoms with Crippen molar-refractivity contribution in [3.63, 3.8) is 0 Å². The molecule has 0 aromatic carbocycles. The summed E-state index contributed by atoms with van der Waals surface area (Å²) in [6.45, 7) is 6.99. The van der Waals surface area contributed by atoms with E-state index < -0.39 is 0 Å². The SMILES string of the molecule is CC1CCCCC1N(C)C(C)C. The Labute approximate surface area is 77.1 Å². The maximum Gasteiger partial charge on any atom is 0.0120 e. The third-order valence-electron chi connectivity index (χ3n) is 3.40. The van der Waals surface area contributed by atoms with Crippen LogP contribution in [0.4, 0.5) is 0 Å². The molecule has 0 bridgehead atoms. The maximum atomic E-state index is 2.55. The van der Waals surface area contributed by atoms with Crippen LogP contribution in [0, 0.1) is 5.92 Å². The molecule has 2 unspecified atom stereocenters. The topological polar surface area (TPSA) is 3.24 Å². The molecule has 0 aliphatic heterocycles. The van der Waals surface area contributed by atoms with E-state index in [-0.39, 0.29) is 0 Å². The third kappa shape index (κ3) is 2.22. The van der Waals surface area contributed by atoms with Crippen molar-refractivity contribution in [3.05, 3.63) is 0 Å². The van der Waals surface area contributed by atoms with E-state index in [9.17, 15) is 0 Å². The molecule has 1 fully saturated rings. The van der Waals surface area contributed by atoms with Gasteiger partial charge in [0.2, 0.25) is 0 Å². The zero-order valence-corrected chi connectivity index (χ0v) is 9.01. The lowest BCUT2D eigenvalue weighted by Crippen LogP contribution is -2.42. The molecular formula is C11H23N. The van der Waals surface area contributed by atoms with Gasteiger partial charge in [-0.3, -0.25) is 0 Å². The zero-order chi connectivity index (χ0) is 9.14. The van der Waals surface area contributed by atoms with Gasteiger partial charge >= 0.3 is 0 Å². The van der Waals surface area contributed by atoms with Gasteiger partial charge in [-0.1, -0.05) is 19.8 Å². The molecule has 1 nitrogen and oxygen atoms in total. The molecule has 0 radical (unpaired) electrons. The highest BCUT2D eigenvalue weighted by Crippen LogP contribution is 2.28. The Balaban J connectivity index is 2.47. The predicted molar refractivity (Wildman–Crippen MR) is 54.3 cm³/mol. The summed E-state index contributed by atoms with van der Waals surface area (Å²) in [5.41, 5.74) is 0. The molecule has 1 aliphatic rings. The van der Waals surface area contributed by atoms with Crippen LogP contribution in [-0.4, -0.2) is 24.0 Å². The highest BCUT2D eigenvalue weighted by atomic mass is 15.2. The fourth-order valence-electron chi connectivity index (χ4n) is 2.28. The van der Waals surface area contributed by atoms with Crippen molar-refractivity contribution in [3.8, 4) is 0 Å². The lowest BCUT2D eigenvalue weighted by Gasteiger charge is -2.38. The van der Waals surface area contributed by atoms with Gasteiger partial charge in [0.25, 0.3) is 0 Å². The van der Waals surface area contributed by atoms with Gasteiger partial charge in [0.15, 0.2) is 0 Å². The van der Waals surface area contributed by atoms with Crippen LogP contribution in [0.2, 0.25) is 0 Å². The second kappa shape index (κ2) is 4.27. The summed E-state index contributed by atoms with van der Waals surface area (Å²) in [7, 11) is 2.27. The average Bonchev–Trinajstić information content (AvgIpc) is 2.04. The molecule has 72 valence electrons. The van der Waals surface area contributed by atoms with E-state index in [0.29, 0.717) is 6.04 Å². The van der Waals surface area contributed by atoms with Crippen LogP contribution in [0.5, 0.6) is 0 Å². The summed E-state index contributed by atoms with van der Waals surface area (Å²) in [5.74, 6) is 0.908. The molecule has 1 aliphatic carbocycles. The fraction of sp³-hybridized carbons (Fsp3) is 1.00. The smallest absolute Gasteiger partial charge is 0.0120 e. The lowest BCUT2D eigenvalue weighted by molar-refractivity contribution is 0.111. The average molecular weight is 169 g/mol. The normalized spacial score (nSPS) is 31.5. The van der Waals surface area contributed by atoms with E-state index >= 15 is 0 Å². The Morgan fingerprint density at radius 3 is 2.25 bits per heavy atom. The van der Waals surface area contributed by atoms with Crippen LogP contribution >= 0.6 is 0 Å². The summed E-state index contributed by atoms with van der Waals surface area (Å²) in [5, 5.41) is 0. The summed E-state index contributed by atoms with van der Waals surface area (Å²) < 4.78 is 0. The van der Waals surface area contributed by atoms with Crippen LogP contribution in [0.15, 0.2) is 0 Å². The molecule has 0 heterocycles. The van der Waals surface area contributed by atoms with E-state index in [1.165, 1.54) is 25.7 Å². The summed E-state index contributed by atoms with van der Waals surface area (Å²) in [4.78, 5) is 2.55. The van der Waals surface area contributed by atoms with E-state index in [4.69, 9.17) is 0 Å². The number of nitrogens with zero attached hydrogens (tertiary/aromatic N) is 1. The molecule has 0 spiro atoms. The summed E-state index contributed by atoms with van der Waals surface area (Å²) in [6.07, 6.45) is 5.73. The van der Waals surface area contributed by atoms with Crippen LogP contribution in [0.25, 0.3) is 0 Å². The molecule has 0 N–H and O–H groups in total. The van der Waals surface area contributed by atoms with Crippen molar-refractivity contribution < 1.29 is 0 Å². The molecule has 0 amide bonds. The molecule has 0 aromatic rings. The molecule has 0 saturated heterocycles. The van der Waals surface area contributed by atoms with Gasteiger partial charge in [0, 0.05) is 12.1 Å². The van der Waals surface area contributed by atoms with Gasteiger partial charge in [-0.15, -0.1) is 0 Å². The first kappa shape index (κ1) is 10.0. The lowest BCUT2D eigenvalue weighted by atomic mass is 9.84. The van der Waals surface area contributed by atoms with Gasteiger partial charge in [0.05, 0.1) is 0 Å². The Kier molecular flexibility index (Phi) is 3.57. The first-order valence-electron chi connectivity index (χ1n) is 5.35. The van der Waals surface area contributed by atoms with Gasteiger partial charge in [-0.2, -0.15) is 0 Å². The minimum absolute atomic E-state index is 0.704. The van der Waals surface area contributed by atoms with E-state index in [2.05, 4.69) is 32.7 Å². The minimum atomic E-state index is 0.704. The van der Waals surface area contributed by atoms with Gasteiger partial charge < -0.3 is 4.90 Å². The largest absolute Gasteiger partial charge is 0.301 e. The molecule has 1 saturated carbocycles. The van der Waals surface area contributed by atoms with E-state index in [1.807, 2.05) is 0 Å². The molecule has 12 heavy (non-hydrogen) atoms. The molecule has 1 heteroatoms. The number of hydrogen-bond donors (Lipinski definition) is 0. The quantitative estimate of drug-likeness (QED) is 0.614. The van der Waals surface area contributed by atoms with Crippen molar-refractivity contribution in [1.82, 2.24) is 4.90 Å². The monoisotopic (exact) mass is 169 g/mol. The molecule has 2 atom stereocenters. The molecular weight excluding hydrogens is 146 g/mol. The highest BCUT2D eigenvalue weighted by Gasteiger charge is 2.25. The Morgan fingerprint density at radius 1 is 1.17 bits per heavy atom. The zero-order valence-electron chi connectivity index (χ0n) is 9.01. The third-order valence-corrected chi connectivity index (χ3v) is 3.40. The Hall–Kier alpha value is -0.0400. The number of hydrogen-bond acceptors (Lipinski definition) is 1. The Bertz CT molecular complexity index is 131. The molecule has 1 rings (SSSR count). The summed E-state index contributed by atoms with van der Waals surface area (Å²) in [6, 6.07) is 1.55. The first-order valence-corrected chi connectivity index (χ1v) is 5.35. The molecule has 0 aromatic heterocycles. The Morgan fingerprint density at radius 2 is 1.75 bits per heavy atom. The summed E-state index contributed by atoms with van der Waals surface area (Å²) >= 11 is 0. The van der Waals surface area contributed by atoms with Crippen LogP contribution in [0.3, 0.4) is 0 Å². The second-order valence-corrected chi connectivity index (χ2v) is 4.59. The fourth-order valence-corrected chi connectivity index (χ4v) is 2.28. The van der Waals surface area contributed by atoms with E-state index in [0.717, 1.165) is 12.0 Å². The van der Waals surface area contributed by atoms with Crippen molar-refractivity contribution in [2.75, 3.05) is 7.05 Å². The van der Waals surface area contributed by atoms with Crippen molar-refractivity contribution in [1.29, 1.82) is 0 Å². The van der Waals surface area contributed by atoms with Crippen LogP contribution in [0.1, 0.15) is 46.5 Å². The van der Waals surface area contributed by atoms with E-state index in [1.54, 1.807) is 0 Å². The standard InChI is InChI=1S/C11H23N/c1-9(2)12(4)11-8-6-5-7-10(11)3/h9-11H,5-8H2,1-4H3. The number of rotatable bonds is 2. The first-order chi connectivity index (χ1) is 5.63. The van der Waals surface area contributed by atoms with Gasteiger partial charge in [0.1, 0.15) is 0 Å². The van der Waals surface area contributed by atoms with Crippen molar-refractivity contribution in [2.24, 2.45) is 5.92 Å². The second-order valence-electron chi connectivity index (χ2n) is 4.59. The van der Waals surface area contributed by atoms with Crippen LogP contribution in [-0.2, 0) is 0 Å².